The van der Waals surface area contributed by atoms with Gasteiger partial charge >= 0.3 is 11.7 Å². The molecule has 206 valence electrons. The van der Waals surface area contributed by atoms with Crippen LogP contribution in [0.1, 0.15) is 57.2 Å². The molecule has 0 spiro atoms. The first-order chi connectivity index (χ1) is 18.7. The lowest BCUT2D eigenvalue weighted by molar-refractivity contribution is -0.130. The highest BCUT2D eigenvalue weighted by Gasteiger charge is 2.28. The maximum absolute atomic E-state index is 13.3. The van der Waals surface area contributed by atoms with E-state index in [0.29, 0.717) is 60.5 Å². The van der Waals surface area contributed by atoms with E-state index < -0.39 is 12.0 Å². The van der Waals surface area contributed by atoms with Crippen molar-refractivity contribution in [2.45, 2.75) is 64.3 Å². The lowest BCUT2D eigenvalue weighted by Crippen LogP contribution is -2.51. The van der Waals surface area contributed by atoms with Gasteiger partial charge in [0.2, 0.25) is 0 Å². The van der Waals surface area contributed by atoms with Gasteiger partial charge in [-0.1, -0.05) is 30.3 Å². The zero-order valence-electron chi connectivity index (χ0n) is 22.3. The Morgan fingerprint density at radius 1 is 1.05 bits per heavy atom. The molecule has 2 heterocycles. The normalized spacial score (nSPS) is 18.3. The maximum Gasteiger partial charge on any atom is 0.331 e. The van der Waals surface area contributed by atoms with Gasteiger partial charge in [-0.3, -0.25) is 18.7 Å². The summed E-state index contributed by atoms with van der Waals surface area (Å²) in [7, 11) is 0. The van der Waals surface area contributed by atoms with E-state index in [-0.39, 0.29) is 29.4 Å². The Labute approximate surface area is 226 Å². The molecular formula is C29H35N5O5. The molecule has 2 unspecified atom stereocenters. The summed E-state index contributed by atoms with van der Waals surface area (Å²) in [5.74, 6) is -0.139. The lowest BCUT2D eigenvalue weighted by atomic mass is 10.0. The molecular weight excluding hydrogens is 498 g/mol. The van der Waals surface area contributed by atoms with Gasteiger partial charge in [0.15, 0.2) is 6.10 Å². The fraction of sp³-hybridized carbons (Fsp3) is 0.448. The number of aliphatic hydroxyl groups excluding tert-OH is 1. The predicted molar refractivity (Wildman–Crippen MR) is 149 cm³/mol. The summed E-state index contributed by atoms with van der Waals surface area (Å²) in [6.07, 6.45) is 2.15. The van der Waals surface area contributed by atoms with Crippen LogP contribution in [0, 0.1) is 5.92 Å². The number of anilines is 1. The average molecular weight is 534 g/mol. The van der Waals surface area contributed by atoms with Crippen LogP contribution in [0.15, 0.2) is 58.1 Å². The molecule has 3 aromatic rings. The molecule has 1 saturated carbocycles. The Kier molecular flexibility index (Phi) is 7.56. The second kappa shape index (κ2) is 11.1. The number of benzene rings is 2. The van der Waals surface area contributed by atoms with Crippen molar-refractivity contribution in [1.29, 1.82) is 0 Å². The van der Waals surface area contributed by atoms with E-state index in [2.05, 4.69) is 10.6 Å². The molecule has 3 N–H and O–H groups in total. The largest absolute Gasteiger partial charge is 0.378 e. The molecule has 5 rings (SSSR count). The Morgan fingerprint density at radius 3 is 2.49 bits per heavy atom. The summed E-state index contributed by atoms with van der Waals surface area (Å²) in [5, 5.41) is 16.5. The van der Waals surface area contributed by atoms with E-state index in [1.807, 2.05) is 19.9 Å². The first-order valence-electron chi connectivity index (χ1n) is 13.6. The van der Waals surface area contributed by atoms with Crippen molar-refractivity contribution < 1.29 is 14.7 Å². The number of carbonyl (C=O) groups excluding carboxylic acids is 2. The number of piperidine rings is 1. The van der Waals surface area contributed by atoms with E-state index in [9.17, 15) is 24.3 Å². The Hall–Kier alpha value is -3.92. The minimum absolute atomic E-state index is 0.132. The number of urea groups is 1. The first-order valence-corrected chi connectivity index (χ1v) is 13.6. The summed E-state index contributed by atoms with van der Waals surface area (Å²) >= 11 is 0. The van der Waals surface area contributed by atoms with E-state index in [4.69, 9.17) is 0 Å². The number of carbonyl (C=O) groups is 2. The molecule has 2 atom stereocenters. The van der Waals surface area contributed by atoms with Crippen molar-refractivity contribution in [1.82, 2.24) is 19.4 Å². The lowest BCUT2D eigenvalue weighted by Gasteiger charge is -2.33. The Morgan fingerprint density at radius 2 is 1.79 bits per heavy atom. The van der Waals surface area contributed by atoms with Crippen LogP contribution in [-0.2, 0) is 11.3 Å². The minimum atomic E-state index is -1.28. The third kappa shape index (κ3) is 5.75. The van der Waals surface area contributed by atoms with Gasteiger partial charge in [0, 0.05) is 37.4 Å². The fourth-order valence-corrected chi connectivity index (χ4v) is 5.23. The quantitative estimate of drug-likeness (QED) is 0.431. The summed E-state index contributed by atoms with van der Waals surface area (Å²) in [5.41, 5.74) is 0.873. The van der Waals surface area contributed by atoms with Crippen LogP contribution < -0.4 is 21.9 Å². The number of amides is 3. The van der Waals surface area contributed by atoms with Gasteiger partial charge in [-0.2, -0.15) is 0 Å². The molecule has 10 heteroatoms. The molecule has 3 amide bonds. The van der Waals surface area contributed by atoms with Crippen LogP contribution in [-0.4, -0.2) is 50.2 Å². The van der Waals surface area contributed by atoms with Gasteiger partial charge in [0.25, 0.3) is 11.5 Å². The fourth-order valence-electron chi connectivity index (χ4n) is 5.23. The number of likely N-dealkylation sites (tertiary alicyclic amines) is 1. The van der Waals surface area contributed by atoms with Gasteiger partial charge in [0.05, 0.1) is 10.9 Å². The van der Waals surface area contributed by atoms with Crippen LogP contribution in [0.5, 0.6) is 0 Å². The number of nitrogens with one attached hydrogen (secondary N) is 2. The van der Waals surface area contributed by atoms with Gasteiger partial charge in [-0.05, 0) is 69.2 Å². The number of rotatable bonds is 7. The minimum Gasteiger partial charge on any atom is -0.378 e. The van der Waals surface area contributed by atoms with Crippen molar-refractivity contribution in [3.05, 3.63) is 74.9 Å². The SMILES string of the molecule is CC(C)n1c(=O)n(CC2CC2)c(=O)c2cc(NC(=O)N3CCCC(NC(=O)C(O)c4ccccc4)C3)ccc21. The summed E-state index contributed by atoms with van der Waals surface area (Å²) in [6, 6.07) is 13.0. The molecule has 1 aromatic heterocycles. The monoisotopic (exact) mass is 533 g/mol. The molecule has 1 aliphatic heterocycles. The standard InChI is InChI=1S/C29H35N5O5/c1-18(2)34-24-13-12-21(15-23(24)27(37)33(29(34)39)16-19-10-11-19)31-28(38)32-14-6-9-22(17-32)30-26(36)25(35)20-7-4-3-5-8-20/h3-5,7-8,12-13,15,18-19,22,25,35H,6,9-11,14,16-17H2,1-2H3,(H,30,36)(H,31,38). The molecule has 0 radical (unpaired) electrons. The van der Waals surface area contributed by atoms with Crippen LogP contribution in [0.3, 0.4) is 0 Å². The van der Waals surface area contributed by atoms with E-state index in [1.54, 1.807) is 51.9 Å². The number of fused-ring (bicyclic) bond motifs is 1. The highest BCUT2D eigenvalue weighted by Crippen LogP contribution is 2.30. The molecule has 10 nitrogen and oxygen atoms in total. The van der Waals surface area contributed by atoms with Crippen LogP contribution in [0.2, 0.25) is 0 Å². The number of hydrogen-bond donors (Lipinski definition) is 3. The van der Waals surface area contributed by atoms with Gasteiger partial charge in [-0.15, -0.1) is 0 Å². The van der Waals surface area contributed by atoms with Crippen molar-refractivity contribution in [2.24, 2.45) is 5.92 Å². The summed E-state index contributed by atoms with van der Waals surface area (Å²) in [6.45, 7) is 5.05. The third-order valence-corrected chi connectivity index (χ3v) is 7.49. The predicted octanol–water partition coefficient (Wildman–Crippen LogP) is 3.00. The van der Waals surface area contributed by atoms with Crippen molar-refractivity contribution >= 4 is 28.5 Å². The molecule has 1 aliphatic carbocycles. The second-order valence-corrected chi connectivity index (χ2v) is 10.9. The van der Waals surface area contributed by atoms with E-state index in [1.165, 1.54) is 4.57 Å². The van der Waals surface area contributed by atoms with Crippen molar-refractivity contribution in [3.63, 3.8) is 0 Å². The topological polar surface area (TPSA) is 126 Å². The smallest absolute Gasteiger partial charge is 0.331 e. The zero-order valence-corrected chi connectivity index (χ0v) is 22.3. The number of hydrogen-bond acceptors (Lipinski definition) is 5. The van der Waals surface area contributed by atoms with Gasteiger partial charge in [-0.25, -0.2) is 9.59 Å². The molecule has 39 heavy (non-hydrogen) atoms. The van der Waals surface area contributed by atoms with Crippen molar-refractivity contribution in [3.8, 4) is 0 Å². The Balaban J connectivity index is 1.30. The first kappa shape index (κ1) is 26.7. The number of aliphatic hydroxyl groups is 1. The summed E-state index contributed by atoms with van der Waals surface area (Å²) in [4.78, 5) is 53.8. The average Bonchev–Trinajstić information content (AvgIpc) is 3.76. The third-order valence-electron chi connectivity index (χ3n) is 7.49. The molecule has 2 fully saturated rings. The highest BCUT2D eigenvalue weighted by atomic mass is 16.3. The Bertz CT molecular complexity index is 1490. The van der Waals surface area contributed by atoms with Gasteiger partial charge < -0.3 is 20.6 Å². The number of aromatic nitrogens is 2. The number of nitrogens with zero attached hydrogens (tertiary/aromatic N) is 3. The molecule has 2 aromatic carbocycles. The van der Waals surface area contributed by atoms with E-state index in [0.717, 1.165) is 12.8 Å². The molecule has 1 saturated heterocycles. The van der Waals surface area contributed by atoms with Crippen LogP contribution >= 0.6 is 0 Å². The molecule has 0 bridgehead atoms. The maximum atomic E-state index is 13.3. The second-order valence-electron chi connectivity index (χ2n) is 10.9. The van der Waals surface area contributed by atoms with Gasteiger partial charge in [0.1, 0.15) is 0 Å². The molecule has 2 aliphatic rings. The summed E-state index contributed by atoms with van der Waals surface area (Å²) < 4.78 is 2.96. The van der Waals surface area contributed by atoms with Crippen LogP contribution in [0.25, 0.3) is 10.9 Å². The zero-order chi connectivity index (χ0) is 27.7. The van der Waals surface area contributed by atoms with Crippen LogP contribution in [0.4, 0.5) is 10.5 Å². The van der Waals surface area contributed by atoms with E-state index >= 15 is 0 Å². The van der Waals surface area contributed by atoms with Crippen molar-refractivity contribution in [2.75, 3.05) is 18.4 Å². The highest BCUT2D eigenvalue weighted by molar-refractivity contribution is 5.92.